The van der Waals surface area contributed by atoms with E-state index in [0.717, 1.165) is 34.3 Å². The molecule has 5 heteroatoms. The molecule has 26 heavy (non-hydrogen) atoms. The SMILES string of the molecule is CCC(COC)C(=N)c1cc(C)nc2cc(NC(=O)C(C)(C)C)ccc12. The summed E-state index contributed by atoms with van der Waals surface area (Å²) in [6, 6.07) is 7.64. The van der Waals surface area contributed by atoms with Gasteiger partial charge in [-0.2, -0.15) is 0 Å². The van der Waals surface area contributed by atoms with E-state index in [4.69, 9.17) is 10.1 Å². The molecule has 2 rings (SSSR count). The van der Waals surface area contributed by atoms with Crippen molar-refractivity contribution >= 4 is 28.2 Å². The molecule has 1 aromatic heterocycles. The number of pyridine rings is 1. The highest BCUT2D eigenvalue weighted by molar-refractivity contribution is 6.10. The lowest BCUT2D eigenvalue weighted by Gasteiger charge is -2.19. The Bertz CT molecular complexity index is 822. The van der Waals surface area contributed by atoms with Gasteiger partial charge >= 0.3 is 0 Å². The second kappa shape index (κ2) is 7.96. The van der Waals surface area contributed by atoms with Gasteiger partial charge in [-0.15, -0.1) is 0 Å². The first kappa shape index (κ1) is 20.0. The van der Waals surface area contributed by atoms with Gasteiger partial charge in [-0.25, -0.2) is 0 Å². The molecule has 0 spiro atoms. The number of benzene rings is 1. The number of fused-ring (bicyclic) bond motifs is 1. The van der Waals surface area contributed by atoms with Crippen LogP contribution in [0.25, 0.3) is 10.9 Å². The predicted octanol–water partition coefficient (Wildman–Crippen LogP) is 4.57. The fraction of sp³-hybridized carbons (Fsp3) is 0.476. The number of aromatic nitrogens is 1. The average Bonchev–Trinajstić information content (AvgIpc) is 2.57. The molecular weight excluding hydrogens is 326 g/mol. The fourth-order valence-corrected chi connectivity index (χ4v) is 2.81. The van der Waals surface area contributed by atoms with Crippen LogP contribution in [0.5, 0.6) is 0 Å². The number of ether oxygens (including phenoxy) is 1. The number of anilines is 1. The van der Waals surface area contributed by atoms with Crippen molar-refractivity contribution in [3.05, 3.63) is 35.5 Å². The second-order valence-corrected chi connectivity index (χ2v) is 7.72. The van der Waals surface area contributed by atoms with Gasteiger partial charge in [0.15, 0.2) is 0 Å². The van der Waals surface area contributed by atoms with Crippen LogP contribution >= 0.6 is 0 Å². The van der Waals surface area contributed by atoms with E-state index in [1.165, 1.54) is 0 Å². The van der Waals surface area contributed by atoms with Crippen LogP contribution < -0.4 is 5.32 Å². The molecule has 1 aromatic carbocycles. The summed E-state index contributed by atoms with van der Waals surface area (Å²) in [7, 11) is 1.66. The number of nitrogens with zero attached hydrogens (tertiary/aromatic N) is 1. The molecule has 1 amide bonds. The number of nitrogens with one attached hydrogen (secondary N) is 2. The minimum atomic E-state index is -0.462. The third-order valence-corrected chi connectivity index (χ3v) is 4.44. The standard InChI is InChI=1S/C21H29N3O2/c1-7-14(12-26-6)19(22)17-10-13(2)23-18-11-15(8-9-16(17)18)24-20(25)21(3,4)5/h8-11,14,22H,7,12H2,1-6H3,(H,24,25). The van der Waals surface area contributed by atoms with Gasteiger partial charge in [0.2, 0.25) is 5.91 Å². The Balaban J connectivity index is 2.45. The van der Waals surface area contributed by atoms with Crippen molar-refractivity contribution in [2.75, 3.05) is 19.0 Å². The van der Waals surface area contributed by atoms with Gasteiger partial charge in [-0.05, 0) is 31.5 Å². The van der Waals surface area contributed by atoms with Crippen LogP contribution in [-0.2, 0) is 9.53 Å². The van der Waals surface area contributed by atoms with Crippen molar-refractivity contribution < 1.29 is 9.53 Å². The highest BCUT2D eigenvalue weighted by Crippen LogP contribution is 2.26. The zero-order valence-corrected chi connectivity index (χ0v) is 16.6. The van der Waals surface area contributed by atoms with E-state index in [1.54, 1.807) is 7.11 Å². The quantitative estimate of drug-likeness (QED) is 0.745. The third-order valence-electron chi connectivity index (χ3n) is 4.44. The van der Waals surface area contributed by atoms with Crippen molar-refractivity contribution in [2.24, 2.45) is 11.3 Å². The summed E-state index contributed by atoms with van der Waals surface area (Å²) < 4.78 is 5.27. The van der Waals surface area contributed by atoms with Crippen LogP contribution in [-0.4, -0.2) is 30.3 Å². The highest BCUT2D eigenvalue weighted by atomic mass is 16.5. The predicted molar refractivity (Wildman–Crippen MR) is 107 cm³/mol. The van der Waals surface area contributed by atoms with Crippen molar-refractivity contribution in [1.29, 1.82) is 5.41 Å². The normalized spacial score (nSPS) is 12.8. The number of hydrogen-bond acceptors (Lipinski definition) is 4. The van der Waals surface area contributed by atoms with E-state index in [-0.39, 0.29) is 11.8 Å². The molecule has 0 saturated carbocycles. The average molecular weight is 355 g/mol. The smallest absolute Gasteiger partial charge is 0.229 e. The molecule has 0 radical (unpaired) electrons. The molecule has 0 saturated heterocycles. The topological polar surface area (TPSA) is 75.1 Å². The summed E-state index contributed by atoms with van der Waals surface area (Å²) in [6.07, 6.45) is 0.843. The Kier molecular flexibility index (Phi) is 6.13. The molecular formula is C21H29N3O2. The first-order valence-electron chi connectivity index (χ1n) is 8.98. The van der Waals surface area contributed by atoms with Gasteiger partial charge in [0.05, 0.1) is 12.1 Å². The number of amides is 1. The largest absolute Gasteiger partial charge is 0.384 e. The number of hydrogen-bond donors (Lipinski definition) is 2. The van der Waals surface area contributed by atoms with Crippen LogP contribution in [0.4, 0.5) is 5.69 Å². The Morgan fingerprint density at radius 3 is 2.58 bits per heavy atom. The highest BCUT2D eigenvalue weighted by Gasteiger charge is 2.22. The van der Waals surface area contributed by atoms with E-state index < -0.39 is 5.41 Å². The zero-order valence-electron chi connectivity index (χ0n) is 16.6. The third kappa shape index (κ3) is 4.47. The van der Waals surface area contributed by atoms with Gasteiger partial charge in [-0.1, -0.05) is 33.8 Å². The molecule has 1 heterocycles. The number of aryl methyl sites for hydroxylation is 1. The molecule has 140 valence electrons. The van der Waals surface area contributed by atoms with Crippen LogP contribution in [0.2, 0.25) is 0 Å². The second-order valence-electron chi connectivity index (χ2n) is 7.72. The Morgan fingerprint density at radius 1 is 1.31 bits per heavy atom. The summed E-state index contributed by atoms with van der Waals surface area (Å²) in [6.45, 7) is 10.2. The van der Waals surface area contributed by atoms with Crippen molar-refractivity contribution in [3.8, 4) is 0 Å². The number of methoxy groups -OCH3 is 1. The molecule has 2 N–H and O–H groups in total. The number of rotatable bonds is 6. The fourth-order valence-electron chi connectivity index (χ4n) is 2.81. The molecule has 0 aliphatic carbocycles. The molecule has 2 aromatic rings. The summed E-state index contributed by atoms with van der Waals surface area (Å²) in [5.74, 6) is 0.00822. The van der Waals surface area contributed by atoms with Crippen LogP contribution in [0.3, 0.4) is 0 Å². The first-order chi connectivity index (χ1) is 12.2. The Labute approximate surface area is 155 Å². The number of carbonyl (C=O) groups excluding carboxylic acids is 1. The molecule has 0 aliphatic heterocycles. The maximum absolute atomic E-state index is 12.2. The van der Waals surface area contributed by atoms with E-state index in [9.17, 15) is 4.79 Å². The molecule has 5 nitrogen and oxygen atoms in total. The summed E-state index contributed by atoms with van der Waals surface area (Å²) in [5.41, 5.74) is 3.34. The number of carbonyl (C=O) groups is 1. The van der Waals surface area contributed by atoms with Gasteiger partial charge in [0.1, 0.15) is 0 Å². The maximum Gasteiger partial charge on any atom is 0.229 e. The van der Waals surface area contributed by atoms with E-state index >= 15 is 0 Å². The Hall–Kier alpha value is -2.27. The van der Waals surface area contributed by atoms with Crippen molar-refractivity contribution in [3.63, 3.8) is 0 Å². The summed E-state index contributed by atoms with van der Waals surface area (Å²) in [5, 5.41) is 12.5. The molecule has 0 bridgehead atoms. The van der Waals surface area contributed by atoms with Crippen molar-refractivity contribution in [2.45, 2.75) is 41.0 Å². The minimum Gasteiger partial charge on any atom is -0.384 e. The lowest BCUT2D eigenvalue weighted by Crippen LogP contribution is -2.27. The minimum absolute atomic E-state index is 0.0383. The molecule has 0 fully saturated rings. The summed E-state index contributed by atoms with van der Waals surface area (Å²) in [4.78, 5) is 16.8. The van der Waals surface area contributed by atoms with Gasteiger partial charge in [0.25, 0.3) is 0 Å². The van der Waals surface area contributed by atoms with Gasteiger partial charge in [-0.3, -0.25) is 9.78 Å². The maximum atomic E-state index is 12.2. The Morgan fingerprint density at radius 2 is 2.00 bits per heavy atom. The summed E-state index contributed by atoms with van der Waals surface area (Å²) >= 11 is 0. The van der Waals surface area contributed by atoms with Crippen molar-refractivity contribution in [1.82, 2.24) is 4.98 Å². The molecule has 1 unspecified atom stereocenters. The van der Waals surface area contributed by atoms with Gasteiger partial charge < -0.3 is 15.5 Å². The van der Waals surface area contributed by atoms with Crippen LogP contribution in [0.15, 0.2) is 24.3 Å². The lowest BCUT2D eigenvalue weighted by molar-refractivity contribution is -0.123. The van der Waals surface area contributed by atoms with E-state index in [1.807, 2.05) is 52.0 Å². The van der Waals surface area contributed by atoms with Crippen LogP contribution in [0, 0.1) is 23.7 Å². The van der Waals surface area contributed by atoms with E-state index in [2.05, 4.69) is 17.2 Å². The van der Waals surface area contributed by atoms with Gasteiger partial charge in [0, 0.05) is 46.5 Å². The molecule has 0 aliphatic rings. The first-order valence-corrected chi connectivity index (χ1v) is 8.98. The van der Waals surface area contributed by atoms with E-state index in [0.29, 0.717) is 12.3 Å². The zero-order chi connectivity index (χ0) is 19.5. The lowest BCUT2D eigenvalue weighted by atomic mass is 9.92. The molecule has 1 atom stereocenters. The monoisotopic (exact) mass is 355 g/mol. The van der Waals surface area contributed by atoms with Crippen LogP contribution in [0.1, 0.15) is 45.4 Å².